The van der Waals surface area contributed by atoms with Gasteiger partial charge in [0.15, 0.2) is 0 Å². The van der Waals surface area contributed by atoms with Crippen LogP contribution in [0.1, 0.15) is 0 Å². The van der Waals surface area contributed by atoms with Gasteiger partial charge >= 0.3 is 89.4 Å². The molecule has 1 fully saturated rings. The van der Waals surface area contributed by atoms with E-state index in [0.717, 1.165) is 4.73 Å². The van der Waals surface area contributed by atoms with Gasteiger partial charge in [-0.3, -0.25) is 0 Å². The molecule has 0 atom stereocenters. The number of rotatable bonds is 1. The van der Waals surface area contributed by atoms with E-state index in [1.165, 1.54) is 0 Å². The number of amidine groups is 1. The molecule has 82 valence electrons. The molecule has 14 heavy (non-hydrogen) atoms. The van der Waals surface area contributed by atoms with E-state index in [2.05, 4.69) is 4.99 Å². The van der Waals surface area contributed by atoms with Crippen molar-refractivity contribution in [1.29, 1.82) is 0 Å². The Morgan fingerprint density at radius 1 is 1.43 bits per heavy atom. The van der Waals surface area contributed by atoms with E-state index in [1.807, 2.05) is 19.0 Å². The Bertz CT molecular complexity index is 278. The van der Waals surface area contributed by atoms with Gasteiger partial charge in [0.05, 0.1) is 0 Å². The van der Waals surface area contributed by atoms with Gasteiger partial charge in [0.25, 0.3) is 0 Å². The van der Waals surface area contributed by atoms with Gasteiger partial charge in [0.2, 0.25) is 0 Å². The Morgan fingerprint density at radius 2 is 2.07 bits per heavy atom. The summed E-state index contributed by atoms with van der Waals surface area (Å²) in [5.74, 6) is -2.77. The van der Waals surface area contributed by atoms with Crippen molar-refractivity contribution < 1.29 is 13.6 Å². The van der Waals surface area contributed by atoms with Crippen LogP contribution in [0, 0.1) is 0 Å². The fraction of sp³-hybridized carbons (Fsp3) is 0.857. The van der Waals surface area contributed by atoms with Crippen LogP contribution in [0.4, 0.5) is 0 Å². The van der Waals surface area contributed by atoms with Gasteiger partial charge in [-0.15, -0.1) is 0 Å². The average Bonchev–Trinajstić information content (AvgIpc) is 2.76. The molecular formula is C7H15N2O3PSe. The van der Waals surface area contributed by atoms with Crippen LogP contribution in [0.3, 0.4) is 0 Å². The molecule has 0 radical (unpaired) electrons. The molecule has 2 rings (SSSR count). The molecule has 2 heterocycles. The van der Waals surface area contributed by atoms with Crippen molar-refractivity contribution in [2.45, 2.75) is 0 Å². The molecule has 1 spiro atoms. The molecule has 0 bridgehead atoms. The van der Waals surface area contributed by atoms with Crippen LogP contribution in [-0.4, -0.2) is 64.9 Å². The van der Waals surface area contributed by atoms with Crippen LogP contribution >= 0.6 is 5.97 Å². The molecule has 0 aliphatic carbocycles. The second-order valence-corrected chi connectivity index (χ2v) is 13.0. The molecule has 0 aromatic carbocycles. The minimum absolute atomic E-state index is 0.0698. The van der Waals surface area contributed by atoms with Gasteiger partial charge in [0.1, 0.15) is 0 Å². The zero-order valence-corrected chi connectivity index (χ0v) is 11.2. The Morgan fingerprint density at radius 3 is 2.50 bits per heavy atom. The topological polar surface area (TPSA) is 43.3 Å². The van der Waals surface area contributed by atoms with Gasteiger partial charge in [-0.2, -0.15) is 0 Å². The maximum absolute atomic E-state index is 5.79. The summed E-state index contributed by atoms with van der Waals surface area (Å²) in [6.45, 7) is 1.29. The van der Waals surface area contributed by atoms with Gasteiger partial charge in [0, 0.05) is 0 Å². The maximum atomic E-state index is 5.79. The van der Waals surface area contributed by atoms with Crippen LogP contribution in [0.2, 0.25) is 0 Å². The van der Waals surface area contributed by atoms with Crippen molar-refractivity contribution in [3.8, 4) is 0 Å². The van der Waals surface area contributed by atoms with Crippen molar-refractivity contribution in [2.75, 3.05) is 40.7 Å². The third-order valence-corrected chi connectivity index (χ3v) is 12.7. The summed E-state index contributed by atoms with van der Waals surface area (Å²) in [5.41, 5.74) is 0. The Labute approximate surface area is 89.7 Å². The van der Waals surface area contributed by atoms with Gasteiger partial charge in [-0.05, 0) is 0 Å². The van der Waals surface area contributed by atoms with E-state index in [-0.39, 0.29) is 14.5 Å². The zero-order chi connectivity index (χ0) is 10.3. The average molecular weight is 285 g/mol. The normalized spacial score (nSPS) is 31.1. The molecule has 0 N–H and O–H groups in total. The molecule has 2 aliphatic heterocycles. The van der Waals surface area contributed by atoms with Crippen LogP contribution in [0.25, 0.3) is 0 Å². The summed E-state index contributed by atoms with van der Waals surface area (Å²) < 4.78 is 18.3. The van der Waals surface area contributed by atoms with E-state index >= 15 is 0 Å². The van der Waals surface area contributed by atoms with Crippen LogP contribution in [0.15, 0.2) is 4.99 Å². The Hall–Kier alpha value is 0.299. The summed E-state index contributed by atoms with van der Waals surface area (Å²) in [7, 11) is 5.66. The van der Waals surface area contributed by atoms with Gasteiger partial charge < -0.3 is 0 Å². The first-order valence-electron chi connectivity index (χ1n) is 4.39. The molecule has 0 aromatic rings. The monoisotopic (exact) mass is 286 g/mol. The predicted molar refractivity (Wildman–Crippen MR) is 57.6 cm³/mol. The van der Waals surface area contributed by atoms with Gasteiger partial charge in [-0.25, -0.2) is 0 Å². The van der Waals surface area contributed by atoms with E-state index in [9.17, 15) is 0 Å². The number of aliphatic imine (C=N–C) groups is 1. The SMILES string of the molecule is COP12(CN=C(N(C)C)[Se]1)OCCO2. The van der Waals surface area contributed by atoms with Gasteiger partial charge in [-0.1, -0.05) is 0 Å². The number of nitrogens with zero attached hydrogens (tertiary/aromatic N) is 2. The summed E-state index contributed by atoms with van der Waals surface area (Å²) >= 11 is 0.0698. The second kappa shape index (κ2) is 3.41. The van der Waals surface area contributed by atoms with Crippen LogP contribution in [0.5, 0.6) is 0 Å². The molecule has 0 aromatic heterocycles. The van der Waals surface area contributed by atoms with Crippen molar-refractivity contribution in [3.05, 3.63) is 0 Å². The van der Waals surface area contributed by atoms with Crippen molar-refractivity contribution >= 4 is 25.2 Å². The third kappa shape index (κ3) is 1.51. The van der Waals surface area contributed by atoms with Crippen LogP contribution in [-0.2, 0) is 13.6 Å². The van der Waals surface area contributed by atoms with E-state index in [0.29, 0.717) is 19.5 Å². The molecule has 1 saturated heterocycles. The van der Waals surface area contributed by atoms with Crippen LogP contribution < -0.4 is 0 Å². The summed E-state index contributed by atoms with van der Waals surface area (Å²) in [6, 6.07) is 0. The molecule has 0 amide bonds. The standard InChI is InChI=1S/C7H15N2O3PSe/c1-9(2)7-8-6-13(10-3,14-7)11-4-5-12-13/h4-6H2,1-3H3. The molecular weight excluding hydrogens is 270 g/mol. The fourth-order valence-electron chi connectivity index (χ4n) is 1.41. The molecule has 5 nitrogen and oxygen atoms in total. The van der Waals surface area contributed by atoms with E-state index < -0.39 is 5.97 Å². The number of hydrogen-bond acceptors (Lipinski definition) is 5. The molecule has 0 saturated carbocycles. The summed E-state index contributed by atoms with van der Waals surface area (Å²) in [5, 5.41) is 0. The van der Waals surface area contributed by atoms with E-state index in [4.69, 9.17) is 13.6 Å². The molecule has 2 aliphatic rings. The quantitative estimate of drug-likeness (QED) is 0.519. The van der Waals surface area contributed by atoms with Crippen molar-refractivity contribution in [2.24, 2.45) is 4.99 Å². The van der Waals surface area contributed by atoms with Crippen molar-refractivity contribution in [3.63, 3.8) is 0 Å². The second-order valence-electron chi connectivity index (χ2n) is 3.38. The number of hydrogen-bond donors (Lipinski definition) is 0. The summed E-state index contributed by atoms with van der Waals surface area (Å²) in [6.07, 6.45) is 0.579. The Balaban J connectivity index is 2.20. The first kappa shape index (κ1) is 10.8. The zero-order valence-electron chi connectivity index (χ0n) is 8.60. The fourth-order valence-corrected chi connectivity index (χ4v) is 10.5. The Kier molecular flexibility index (Phi) is 2.63. The van der Waals surface area contributed by atoms with E-state index in [1.54, 1.807) is 7.11 Å². The molecule has 0 unspecified atom stereocenters. The first-order chi connectivity index (χ1) is 6.59. The predicted octanol–water partition coefficient (Wildman–Crippen LogP) is 0.486. The summed E-state index contributed by atoms with van der Waals surface area (Å²) in [4.78, 5) is 6.49. The van der Waals surface area contributed by atoms with Crippen molar-refractivity contribution in [1.82, 2.24) is 4.90 Å². The minimum atomic E-state index is -2.77. The third-order valence-electron chi connectivity index (χ3n) is 2.19. The first-order valence-corrected chi connectivity index (χ1v) is 9.64. The molecule has 7 heteroatoms.